The van der Waals surface area contributed by atoms with Crippen LogP contribution in [0.2, 0.25) is 5.02 Å². The van der Waals surface area contributed by atoms with Crippen LogP contribution in [0.4, 0.5) is 27.4 Å². The van der Waals surface area contributed by atoms with E-state index in [0.717, 1.165) is 26.2 Å². The minimum atomic E-state index is -0.705. The van der Waals surface area contributed by atoms with Gasteiger partial charge < -0.3 is 30.1 Å². The minimum Gasteiger partial charge on any atom is -0.465 e. The predicted octanol–water partition coefficient (Wildman–Crippen LogP) is 4.04. The average Bonchev–Trinajstić information content (AvgIpc) is 3.31. The van der Waals surface area contributed by atoms with Crippen LogP contribution in [0.5, 0.6) is 0 Å². The Hall–Kier alpha value is -3.87. The van der Waals surface area contributed by atoms with Gasteiger partial charge >= 0.3 is 5.97 Å². The highest BCUT2D eigenvalue weighted by Crippen LogP contribution is 2.36. The number of amides is 1. The summed E-state index contributed by atoms with van der Waals surface area (Å²) < 4.78 is 20.0. The molecule has 1 amide bonds. The van der Waals surface area contributed by atoms with Crippen molar-refractivity contribution in [1.29, 1.82) is 0 Å². The van der Waals surface area contributed by atoms with Crippen LogP contribution < -0.4 is 15.5 Å². The number of esters is 1. The lowest BCUT2D eigenvalue weighted by atomic mass is 9.88. The number of halogens is 2. The molecular formula is C30H36ClFN8O3. The Bertz CT molecular complexity index is 1490. The number of hydrogen-bond donors (Lipinski definition) is 2. The molecule has 0 saturated carbocycles. The molecule has 2 aromatic heterocycles. The predicted molar refractivity (Wildman–Crippen MR) is 164 cm³/mol. The van der Waals surface area contributed by atoms with Gasteiger partial charge in [-0.25, -0.2) is 9.37 Å². The van der Waals surface area contributed by atoms with Gasteiger partial charge in [0.25, 0.3) is 0 Å². The first-order valence-electron chi connectivity index (χ1n) is 14.2. The largest absolute Gasteiger partial charge is 0.465 e. The zero-order valence-corrected chi connectivity index (χ0v) is 25.3. The lowest BCUT2D eigenvalue weighted by Gasteiger charge is -2.32. The van der Waals surface area contributed by atoms with Crippen LogP contribution in [-0.2, 0) is 14.3 Å². The molecule has 4 heterocycles. The van der Waals surface area contributed by atoms with Crippen LogP contribution in [0.25, 0.3) is 11.3 Å². The fraction of sp³-hybridized carbons (Fsp3) is 0.433. The number of carbonyl (C=O) groups is 2. The first-order valence-corrected chi connectivity index (χ1v) is 14.6. The molecule has 228 valence electrons. The molecule has 2 N–H and O–H groups in total. The van der Waals surface area contributed by atoms with Crippen molar-refractivity contribution in [1.82, 2.24) is 25.0 Å². The molecule has 3 aromatic rings. The number of cyclic esters (lactones) is 1. The van der Waals surface area contributed by atoms with Gasteiger partial charge in [0.15, 0.2) is 5.82 Å². The average molecular weight is 611 g/mol. The van der Waals surface area contributed by atoms with Crippen molar-refractivity contribution in [3.05, 3.63) is 53.4 Å². The third-order valence-corrected chi connectivity index (χ3v) is 8.10. The van der Waals surface area contributed by atoms with Gasteiger partial charge in [-0.05, 0) is 50.7 Å². The summed E-state index contributed by atoms with van der Waals surface area (Å²) in [5, 5.41) is 15.3. The zero-order chi connectivity index (χ0) is 30.6. The Morgan fingerprint density at radius 3 is 2.70 bits per heavy atom. The molecule has 1 unspecified atom stereocenters. The highest BCUT2D eigenvalue weighted by Gasteiger charge is 2.41. The quantitative estimate of drug-likeness (QED) is 0.326. The van der Waals surface area contributed by atoms with Crippen molar-refractivity contribution in [3.63, 3.8) is 0 Å². The molecule has 13 heteroatoms. The van der Waals surface area contributed by atoms with Crippen LogP contribution in [0, 0.1) is 11.2 Å². The summed E-state index contributed by atoms with van der Waals surface area (Å²) in [6.45, 7) is 7.12. The zero-order valence-electron chi connectivity index (χ0n) is 24.6. The van der Waals surface area contributed by atoms with E-state index in [0.29, 0.717) is 60.6 Å². The van der Waals surface area contributed by atoms with Crippen LogP contribution in [-0.4, -0.2) is 96.8 Å². The number of rotatable bonds is 10. The maximum absolute atomic E-state index is 14.7. The molecule has 1 atom stereocenters. The summed E-state index contributed by atoms with van der Waals surface area (Å²) >= 11 is 6.14. The maximum Gasteiger partial charge on any atom is 0.313 e. The Morgan fingerprint density at radius 1 is 1.16 bits per heavy atom. The van der Waals surface area contributed by atoms with Crippen molar-refractivity contribution >= 4 is 46.5 Å². The summed E-state index contributed by atoms with van der Waals surface area (Å²) in [7, 11) is 3.91. The minimum absolute atomic E-state index is 0.120. The third-order valence-electron chi connectivity index (χ3n) is 7.86. The van der Waals surface area contributed by atoms with Gasteiger partial charge in [-0.2, -0.15) is 0 Å². The van der Waals surface area contributed by atoms with E-state index in [2.05, 4.69) is 42.7 Å². The fourth-order valence-electron chi connectivity index (χ4n) is 5.24. The molecule has 0 bridgehead atoms. The van der Waals surface area contributed by atoms with Crippen molar-refractivity contribution in [3.8, 4) is 11.3 Å². The Morgan fingerprint density at radius 2 is 1.95 bits per heavy atom. The van der Waals surface area contributed by atoms with Gasteiger partial charge in [-0.3, -0.25) is 9.59 Å². The monoisotopic (exact) mass is 610 g/mol. The smallest absolute Gasteiger partial charge is 0.313 e. The maximum atomic E-state index is 14.7. The van der Waals surface area contributed by atoms with E-state index in [-0.39, 0.29) is 23.1 Å². The van der Waals surface area contributed by atoms with E-state index in [1.807, 2.05) is 18.9 Å². The molecule has 1 aromatic carbocycles. The molecule has 43 heavy (non-hydrogen) atoms. The standard InChI is InChI=1S/C30H36ClFN8O3/c1-30(8-15-43-29(30)42)19-39(3)28-25(18-24(36-37-28)22-16-20(31)4-5-23(22)32)34-21-6-9-33-26(17-21)35-27(41)7-10-40-13-11-38(2)12-14-40/h4-6,9,16-18H,7-8,10-15,19H2,1-3H3,(H2,33,34,35,36,41). The number of carbonyl (C=O) groups excluding carboxylic acids is 2. The Kier molecular flexibility index (Phi) is 9.38. The van der Waals surface area contributed by atoms with Crippen LogP contribution in [0.3, 0.4) is 0 Å². The van der Waals surface area contributed by atoms with Crippen LogP contribution >= 0.6 is 11.6 Å². The lowest BCUT2D eigenvalue weighted by Crippen LogP contribution is -2.45. The van der Waals surface area contributed by atoms with Crippen molar-refractivity contribution < 1.29 is 18.7 Å². The molecule has 2 fully saturated rings. The molecule has 2 saturated heterocycles. The van der Waals surface area contributed by atoms with E-state index in [4.69, 9.17) is 16.3 Å². The highest BCUT2D eigenvalue weighted by molar-refractivity contribution is 6.30. The number of ether oxygens (including phenoxy) is 1. The second-order valence-corrected chi connectivity index (χ2v) is 11.8. The number of pyridine rings is 1. The number of likely N-dealkylation sites (N-methyl/N-ethyl adjacent to an activating group) is 1. The van der Waals surface area contributed by atoms with Crippen molar-refractivity contribution in [2.24, 2.45) is 5.41 Å². The summed E-state index contributed by atoms with van der Waals surface area (Å²) in [5.74, 6) is -0.0293. The third kappa shape index (κ3) is 7.56. The van der Waals surface area contributed by atoms with Gasteiger partial charge in [0.05, 0.1) is 23.4 Å². The molecule has 2 aliphatic heterocycles. The number of aromatic nitrogens is 3. The summed E-state index contributed by atoms with van der Waals surface area (Å²) in [6.07, 6.45) is 2.53. The Balaban J connectivity index is 1.36. The summed E-state index contributed by atoms with van der Waals surface area (Å²) in [6, 6.07) is 9.38. The second-order valence-electron chi connectivity index (χ2n) is 11.4. The van der Waals surface area contributed by atoms with Crippen LogP contribution in [0.15, 0.2) is 42.6 Å². The normalized spacial score (nSPS) is 19.2. The van der Waals surface area contributed by atoms with Gasteiger partial charge in [0, 0.05) is 81.3 Å². The topological polar surface area (TPSA) is 116 Å². The molecule has 5 rings (SSSR count). The van der Waals surface area contributed by atoms with Gasteiger partial charge in [0.2, 0.25) is 5.91 Å². The first kappa shape index (κ1) is 30.6. The molecule has 0 radical (unpaired) electrons. The van der Waals surface area contributed by atoms with Crippen LogP contribution in [0.1, 0.15) is 19.8 Å². The number of nitrogens with one attached hydrogen (secondary N) is 2. The fourth-order valence-corrected chi connectivity index (χ4v) is 5.41. The lowest BCUT2D eigenvalue weighted by molar-refractivity contribution is -0.145. The molecule has 0 spiro atoms. The Labute approximate surface area is 255 Å². The van der Waals surface area contributed by atoms with E-state index in [1.165, 1.54) is 18.2 Å². The van der Waals surface area contributed by atoms with E-state index >= 15 is 0 Å². The number of anilines is 4. The van der Waals surface area contributed by atoms with Gasteiger partial charge in [-0.15, -0.1) is 10.2 Å². The number of hydrogen-bond acceptors (Lipinski definition) is 10. The van der Waals surface area contributed by atoms with E-state index < -0.39 is 11.2 Å². The molecule has 11 nitrogen and oxygen atoms in total. The highest BCUT2D eigenvalue weighted by atomic mass is 35.5. The number of nitrogens with zero attached hydrogens (tertiary/aromatic N) is 6. The first-order chi connectivity index (χ1) is 20.6. The number of piperazine rings is 1. The van der Waals surface area contributed by atoms with Crippen molar-refractivity contribution in [2.45, 2.75) is 19.8 Å². The second kappa shape index (κ2) is 13.2. The van der Waals surface area contributed by atoms with E-state index in [9.17, 15) is 14.0 Å². The molecule has 2 aliphatic rings. The van der Waals surface area contributed by atoms with Gasteiger partial charge in [0.1, 0.15) is 11.6 Å². The van der Waals surface area contributed by atoms with E-state index in [1.54, 1.807) is 24.4 Å². The summed E-state index contributed by atoms with van der Waals surface area (Å²) in [5.41, 5.74) is 0.907. The van der Waals surface area contributed by atoms with Gasteiger partial charge in [-0.1, -0.05) is 11.6 Å². The molecular weight excluding hydrogens is 575 g/mol. The van der Waals surface area contributed by atoms with Crippen molar-refractivity contribution in [2.75, 3.05) is 75.5 Å². The number of benzene rings is 1. The summed E-state index contributed by atoms with van der Waals surface area (Å²) in [4.78, 5) is 35.8. The molecule has 0 aliphatic carbocycles. The SMILES string of the molecule is CN1CCN(CCC(=O)Nc2cc(Nc3cc(-c4cc(Cl)ccc4F)nnc3N(C)CC3(C)CCOC3=O)ccn2)CC1.